The molecule has 1 aliphatic heterocycles. The van der Waals surface area contributed by atoms with E-state index in [9.17, 15) is 14.4 Å². The second-order valence-electron chi connectivity index (χ2n) is 6.88. The largest absolute Gasteiger partial charge is 0.444 e. The molecule has 23 heavy (non-hydrogen) atoms. The number of urea groups is 1. The molecule has 0 aromatic rings. The van der Waals surface area contributed by atoms with Gasteiger partial charge in [0.1, 0.15) is 5.60 Å². The molecule has 4 amide bonds. The second-order valence-corrected chi connectivity index (χ2v) is 6.88. The molecule has 0 spiro atoms. The van der Waals surface area contributed by atoms with Crippen LogP contribution >= 0.6 is 0 Å². The first-order valence-corrected chi connectivity index (χ1v) is 7.91. The fraction of sp³-hybridized carbons (Fsp3) is 0.800. The molecule has 0 radical (unpaired) electrons. The number of hydrogen-bond donors (Lipinski definition) is 3. The van der Waals surface area contributed by atoms with Crippen LogP contribution in [0.5, 0.6) is 0 Å². The number of nitrogens with zero attached hydrogens (tertiary/aromatic N) is 1. The van der Waals surface area contributed by atoms with Gasteiger partial charge >= 0.3 is 12.1 Å². The van der Waals surface area contributed by atoms with E-state index in [1.165, 1.54) is 0 Å². The van der Waals surface area contributed by atoms with Gasteiger partial charge in [-0.15, -0.1) is 0 Å². The van der Waals surface area contributed by atoms with Gasteiger partial charge in [0.25, 0.3) is 0 Å². The standard InChI is InChI=1S/C15H28N4O4/c1-10(17-14(22)23-15(2,3)4)11-7-5-6-8-19(11)9-12(20)18-13(16)21/h10-11H,5-9H2,1-4H3,(H,17,22)(H3,16,18,20,21)/t10-,11-/m0/s1. The minimum Gasteiger partial charge on any atom is -0.444 e. The van der Waals surface area contributed by atoms with E-state index in [4.69, 9.17) is 10.5 Å². The van der Waals surface area contributed by atoms with E-state index < -0.39 is 23.6 Å². The van der Waals surface area contributed by atoms with Crippen molar-refractivity contribution in [1.82, 2.24) is 15.5 Å². The Morgan fingerprint density at radius 3 is 2.52 bits per heavy atom. The van der Waals surface area contributed by atoms with Crippen LogP contribution in [0.2, 0.25) is 0 Å². The summed E-state index contributed by atoms with van der Waals surface area (Å²) in [5.41, 5.74) is 4.40. The zero-order chi connectivity index (χ0) is 17.6. The van der Waals surface area contributed by atoms with Crippen molar-refractivity contribution in [2.24, 2.45) is 5.73 Å². The molecule has 0 unspecified atom stereocenters. The predicted molar refractivity (Wildman–Crippen MR) is 85.8 cm³/mol. The Hall–Kier alpha value is -1.83. The third-order valence-electron chi connectivity index (χ3n) is 3.60. The van der Waals surface area contributed by atoms with Crippen molar-refractivity contribution in [2.75, 3.05) is 13.1 Å². The summed E-state index contributed by atoms with van der Waals surface area (Å²) in [5, 5.41) is 4.89. The second kappa shape index (κ2) is 8.14. The number of piperidine rings is 1. The Kier molecular flexibility index (Phi) is 6.80. The number of ether oxygens (including phenoxy) is 1. The van der Waals surface area contributed by atoms with Crippen molar-refractivity contribution in [3.8, 4) is 0 Å². The highest BCUT2D eigenvalue weighted by atomic mass is 16.6. The number of nitrogens with two attached hydrogens (primary N) is 1. The average Bonchev–Trinajstić information content (AvgIpc) is 2.35. The first-order chi connectivity index (χ1) is 10.6. The molecule has 1 rings (SSSR count). The predicted octanol–water partition coefficient (Wildman–Crippen LogP) is 0.949. The van der Waals surface area contributed by atoms with Gasteiger partial charge < -0.3 is 15.8 Å². The van der Waals surface area contributed by atoms with Gasteiger partial charge in [0.15, 0.2) is 0 Å². The number of alkyl carbamates (subject to hydrolysis) is 1. The molecule has 0 aromatic heterocycles. The fourth-order valence-electron chi connectivity index (χ4n) is 2.73. The van der Waals surface area contributed by atoms with Crippen LogP contribution in [0.25, 0.3) is 0 Å². The number of nitrogens with one attached hydrogen (secondary N) is 2. The number of likely N-dealkylation sites (tertiary alicyclic amines) is 1. The lowest BCUT2D eigenvalue weighted by Gasteiger charge is -2.39. The maximum Gasteiger partial charge on any atom is 0.407 e. The summed E-state index contributed by atoms with van der Waals surface area (Å²) in [7, 11) is 0. The molecule has 2 atom stereocenters. The topological polar surface area (TPSA) is 114 Å². The highest BCUT2D eigenvalue weighted by Gasteiger charge is 2.30. The van der Waals surface area contributed by atoms with E-state index in [1.54, 1.807) is 20.8 Å². The van der Waals surface area contributed by atoms with Crippen molar-refractivity contribution in [2.45, 2.75) is 64.6 Å². The Morgan fingerprint density at radius 1 is 1.30 bits per heavy atom. The summed E-state index contributed by atoms with van der Waals surface area (Å²) in [6.07, 6.45) is 2.39. The first kappa shape index (κ1) is 19.2. The minimum atomic E-state index is -0.858. The Labute approximate surface area is 137 Å². The lowest BCUT2D eigenvalue weighted by Crippen LogP contribution is -2.55. The lowest BCUT2D eigenvalue weighted by molar-refractivity contribution is -0.122. The Morgan fingerprint density at radius 2 is 1.96 bits per heavy atom. The van der Waals surface area contributed by atoms with Crippen molar-refractivity contribution in [3.63, 3.8) is 0 Å². The monoisotopic (exact) mass is 328 g/mol. The number of carbonyl (C=O) groups is 3. The highest BCUT2D eigenvalue weighted by molar-refractivity contribution is 5.94. The number of imide groups is 1. The molecule has 132 valence electrons. The van der Waals surface area contributed by atoms with Crippen LogP contribution in [-0.4, -0.2) is 53.7 Å². The number of rotatable bonds is 4. The van der Waals surface area contributed by atoms with Gasteiger partial charge in [0.2, 0.25) is 5.91 Å². The van der Waals surface area contributed by atoms with Crippen LogP contribution < -0.4 is 16.4 Å². The van der Waals surface area contributed by atoms with Crippen molar-refractivity contribution < 1.29 is 19.1 Å². The fourth-order valence-corrected chi connectivity index (χ4v) is 2.73. The zero-order valence-electron chi connectivity index (χ0n) is 14.3. The van der Waals surface area contributed by atoms with Gasteiger partial charge in [-0.25, -0.2) is 9.59 Å². The SMILES string of the molecule is C[C@H](NC(=O)OC(C)(C)C)[C@@H]1CCCCN1CC(=O)NC(N)=O. The van der Waals surface area contributed by atoms with Crippen LogP contribution in [0.1, 0.15) is 47.0 Å². The summed E-state index contributed by atoms with van der Waals surface area (Å²) in [6, 6.07) is -1.02. The third kappa shape index (κ3) is 7.32. The molecular weight excluding hydrogens is 300 g/mol. The first-order valence-electron chi connectivity index (χ1n) is 7.91. The van der Waals surface area contributed by atoms with E-state index in [1.807, 2.05) is 11.8 Å². The van der Waals surface area contributed by atoms with Gasteiger partial charge in [-0.3, -0.25) is 15.0 Å². The smallest absolute Gasteiger partial charge is 0.407 e. The molecule has 1 aliphatic rings. The van der Waals surface area contributed by atoms with Crippen LogP contribution in [0, 0.1) is 0 Å². The summed E-state index contributed by atoms with van der Waals surface area (Å²) < 4.78 is 5.26. The van der Waals surface area contributed by atoms with Gasteiger partial charge in [-0.2, -0.15) is 0 Å². The van der Waals surface area contributed by atoms with Crippen LogP contribution in [0.4, 0.5) is 9.59 Å². The molecule has 8 nitrogen and oxygen atoms in total. The van der Waals surface area contributed by atoms with Crippen LogP contribution in [0.15, 0.2) is 0 Å². The van der Waals surface area contributed by atoms with Gasteiger partial charge in [0, 0.05) is 12.1 Å². The molecule has 0 aromatic carbocycles. The van der Waals surface area contributed by atoms with Crippen molar-refractivity contribution >= 4 is 18.0 Å². The number of hydrogen-bond acceptors (Lipinski definition) is 5. The van der Waals surface area contributed by atoms with Crippen LogP contribution in [0.3, 0.4) is 0 Å². The van der Waals surface area contributed by atoms with Crippen molar-refractivity contribution in [1.29, 1.82) is 0 Å². The van der Waals surface area contributed by atoms with Gasteiger partial charge in [-0.05, 0) is 47.1 Å². The summed E-state index contributed by atoms with van der Waals surface area (Å²) in [5.74, 6) is -0.436. The Bertz CT molecular complexity index is 447. The van der Waals surface area contributed by atoms with Crippen molar-refractivity contribution in [3.05, 3.63) is 0 Å². The average molecular weight is 328 g/mol. The molecule has 4 N–H and O–H groups in total. The lowest BCUT2D eigenvalue weighted by atomic mass is 9.96. The maximum absolute atomic E-state index is 11.9. The van der Waals surface area contributed by atoms with Gasteiger partial charge in [0.05, 0.1) is 6.54 Å². The molecule has 0 aliphatic carbocycles. The van der Waals surface area contributed by atoms with Crippen LogP contribution in [-0.2, 0) is 9.53 Å². The quantitative estimate of drug-likeness (QED) is 0.711. The molecular formula is C15H28N4O4. The van der Waals surface area contributed by atoms with E-state index in [-0.39, 0.29) is 18.6 Å². The summed E-state index contributed by atoms with van der Waals surface area (Å²) in [4.78, 5) is 36.3. The molecule has 0 saturated carbocycles. The highest BCUT2D eigenvalue weighted by Crippen LogP contribution is 2.20. The maximum atomic E-state index is 11.9. The molecule has 1 fully saturated rings. The van der Waals surface area contributed by atoms with Gasteiger partial charge in [-0.1, -0.05) is 6.42 Å². The van der Waals surface area contributed by atoms with E-state index in [0.29, 0.717) is 0 Å². The molecule has 0 bridgehead atoms. The number of amides is 4. The number of primary amides is 1. The Balaban J connectivity index is 2.60. The van der Waals surface area contributed by atoms with E-state index >= 15 is 0 Å². The van der Waals surface area contributed by atoms with E-state index in [0.717, 1.165) is 25.8 Å². The molecule has 1 heterocycles. The summed E-state index contributed by atoms with van der Waals surface area (Å²) >= 11 is 0. The molecule has 8 heteroatoms. The zero-order valence-corrected chi connectivity index (χ0v) is 14.3. The number of carbonyl (C=O) groups excluding carboxylic acids is 3. The van der Waals surface area contributed by atoms with E-state index in [2.05, 4.69) is 10.6 Å². The summed E-state index contributed by atoms with van der Waals surface area (Å²) in [6.45, 7) is 8.11. The third-order valence-corrected chi connectivity index (χ3v) is 3.60. The minimum absolute atomic E-state index is 0.00916. The normalized spacial score (nSPS) is 20.4. The molecule has 1 saturated heterocycles.